The van der Waals surface area contributed by atoms with Crippen molar-refractivity contribution < 1.29 is 9.53 Å². The SMILES string of the molecule is CC1C=C(Oc2cccc(C(=O)Cl)c2)C=CC1. The summed E-state index contributed by atoms with van der Waals surface area (Å²) in [6.45, 7) is 2.13. The molecule has 1 aromatic carbocycles. The normalized spacial score (nSPS) is 18.7. The topological polar surface area (TPSA) is 26.3 Å². The predicted octanol–water partition coefficient (Wildman–Crippen LogP) is 3.92. The molecule has 1 aromatic rings. The van der Waals surface area contributed by atoms with Crippen LogP contribution in [0.2, 0.25) is 0 Å². The molecular weight excluding hydrogens is 236 g/mol. The Kier molecular flexibility index (Phi) is 3.64. The van der Waals surface area contributed by atoms with E-state index in [9.17, 15) is 4.79 Å². The fraction of sp³-hybridized carbons (Fsp3) is 0.214. The molecule has 1 atom stereocenters. The Morgan fingerprint density at radius 2 is 2.29 bits per heavy atom. The largest absolute Gasteiger partial charge is 0.458 e. The minimum atomic E-state index is -0.475. The maximum absolute atomic E-state index is 11.0. The minimum Gasteiger partial charge on any atom is -0.458 e. The first-order chi connectivity index (χ1) is 8.15. The van der Waals surface area contributed by atoms with E-state index in [0.29, 0.717) is 17.2 Å². The van der Waals surface area contributed by atoms with Crippen molar-refractivity contribution in [2.24, 2.45) is 5.92 Å². The van der Waals surface area contributed by atoms with Gasteiger partial charge in [0, 0.05) is 5.56 Å². The zero-order valence-electron chi connectivity index (χ0n) is 9.52. The first-order valence-electron chi connectivity index (χ1n) is 5.51. The summed E-state index contributed by atoms with van der Waals surface area (Å²) in [6, 6.07) is 6.86. The number of carbonyl (C=O) groups is 1. The summed E-state index contributed by atoms with van der Waals surface area (Å²) in [7, 11) is 0. The third-order valence-electron chi connectivity index (χ3n) is 2.54. The molecule has 0 N–H and O–H groups in total. The van der Waals surface area contributed by atoms with Gasteiger partial charge < -0.3 is 4.74 Å². The number of halogens is 1. The summed E-state index contributed by atoms with van der Waals surface area (Å²) in [6.07, 6.45) is 7.12. The molecule has 0 saturated heterocycles. The predicted molar refractivity (Wildman–Crippen MR) is 68.3 cm³/mol. The summed E-state index contributed by atoms with van der Waals surface area (Å²) in [5, 5.41) is -0.475. The van der Waals surface area contributed by atoms with Gasteiger partial charge in [-0.05, 0) is 54.3 Å². The van der Waals surface area contributed by atoms with Gasteiger partial charge in [-0.25, -0.2) is 0 Å². The molecule has 0 bridgehead atoms. The van der Waals surface area contributed by atoms with Gasteiger partial charge in [0.1, 0.15) is 11.5 Å². The highest BCUT2D eigenvalue weighted by Crippen LogP contribution is 2.22. The van der Waals surface area contributed by atoms with Gasteiger partial charge in [0.2, 0.25) is 0 Å². The molecule has 0 aliphatic heterocycles. The van der Waals surface area contributed by atoms with Gasteiger partial charge in [0.15, 0.2) is 0 Å². The van der Waals surface area contributed by atoms with Crippen LogP contribution in [-0.4, -0.2) is 5.24 Å². The van der Waals surface area contributed by atoms with E-state index in [2.05, 4.69) is 19.1 Å². The third kappa shape index (κ3) is 3.21. The maximum Gasteiger partial charge on any atom is 0.252 e. The monoisotopic (exact) mass is 248 g/mol. The second-order valence-corrected chi connectivity index (χ2v) is 4.43. The average molecular weight is 249 g/mol. The van der Waals surface area contributed by atoms with Crippen LogP contribution in [0.15, 0.2) is 48.3 Å². The Morgan fingerprint density at radius 1 is 1.47 bits per heavy atom. The van der Waals surface area contributed by atoms with E-state index in [0.717, 1.165) is 12.2 Å². The molecule has 3 heteroatoms. The molecule has 0 heterocycles. The van der Waals surface area contributed by atoms with Crippen LogP contribution in [-0.2, 0) is 0 Å². The molecule has 0 spiro atoms. The second kappa shape index (κ2) is 5.19. The number of hydrogen-bond donors (Lipinski definition) is 0. The number of ether oxygens (including phenoxy) is 1. The Labute approximate surface area is 106 Å². The number of carbonyl (C=O) groups excluding carboxylic acids is 1. The fourth-order valence-electron chi connectivity index (χ4n) is 1.69. The number of rotatable bonds is 3. The quantitative estimate of drug-likeness (QED) is 0.758. The van der Waals surface area contributed by atoms with Gasteiger partial charge in [0.25, 0.3) is 5.24 Å². The van der Waals surface area contributed by atoms with Crippen molar-refractivity contribution in [2.75, 3.05) is 0 Å². The molecule has 0 amide bonds. The Balaban J connectivity index is 2.16. The molecule has 0 aromatic heterocycles. The summed E-state index contributed by atoms with van der Waals surface area (Å²) in [5.41, 5.74) is 0.442. The smallest absolute Gasteiger partial charge is 0.252 e. The van der Waals surface area contributed by atoms with Crippen molar-refractivity contribution in [3.8, 4) is 5.75 Å². The summed E-state index contributed by atoms with van der Waals surface area (Å²) in [5.74, 6) is 1.91. The van der Waals surface area contributed by atoms with Gasteiger partial charge in [0.05, 0.1) is 0 Å². The lowest BCUT2D eigenvalue weighted by Crippen LogP contribution is -2.01. The van der Waals surface area contributed by atoms with Crippen molar-refractivity contribution in [1.82, 2.24) is 0 Å². The lowest BCUT2D eigenvalue weighted by atomic mass is 10.0. The summed E-state index contributed by atoms with van der Waals surface area (Å²) in [4.78, 5) is 11.0. The molecule has 1 aliphatic carbocycles. The Bertz CT molecular complexity index is 489. The maximum atomic E-state index is 11.0. The molecule has 2 rings (SSSR count). The van der Waals surface area contributed by atoms with Crippen LogP contribution in [0.4, 0.5) is 0 Å². The van der Waals surface area contributed by atoms with Crippen LogP contribution in [0.25, 0.3) is 0 Å². The summed E-state index contributed by atoms with van der Waals surface area (Å²) < 4.78 is 5.68. The zero-order valence-corrected chi connectivity index (χ0v) is 10.3. The molecular formula is C14H13ClO2. The lowest BCUT2D eigenvalue weighted by Gasteiger charge is -2.13. The van der Waals surface area contributed by atoms with E-state index in [-0.39, 0.29) is 0 Å². The van der Waals surface area contributed by atoms with Crippen molar-refractivity contribution in [3.05, 3.63) is 53.8 Å². The lowest BCUT2D eigenvalue weighted by molar-refractivity contribution is 0.108. The van der Waals surface area contributed by atoms with E-state index >= 15 is 0 Å². The molecule has 0 saturated carbocycles. The van der Waals surface area contributed by atoms with Crippen LogP contribution >= 0.6 is 11.6 Å². The van der Waals surface area contributed by atoms with Gasteiger partial charge in [-0.3, -0.25) is 4.79 Å². The van der Waals surface area contributed by atoms with E-state index in [1.165, 1.54) is 0 Å². The Morgan fingerprint density at radius 3 is 3.00 bits per heavy atom. The van der Waals surface area contributed by atoms with Crippen molar-refractivity contribution in [1.29, 1.82) is 0 Å². The standard InChI is InChI=1S/C14H13ClO2/c1-10-4-2-6-12(8-10)17-13-7-3-5-11(9-13)14(15)16/h2-3,5-10H,4H2,1H3. The second-order valence-electron chi connectivity index (χ2n) is 4.09. The van der Waals surface area contributed by atoms with Crippen molar-refractivity contribution in [3.63, 3.8) is 0 Å². The van der Waals surface area contributed by atoms with Crippen LogP contribution < -0.4 is 4.74 Å². The number of benzene rings is 1. The Hall–Kier alpha value is -1.54. The zero-order chi connectivity index (χ0) is 12.3. The van der Waals surface area contributed by atoms with Crippen LogP contribution in [0.1, 0.15) is 23.7 Å². The first-order valence-corrected chi connectivity index (χ1v) is 5.89. The molecule has 17 heavy (non-hydrogen) atoms. The van der Waals surface area contributed by atoms with Crippen molar-refractivity contribution >= 4 is 16.8 Å². The third-order valence-corrected chi connectivity index (χ3v) is 2.75. The van der Waals surface area contributed by atoms with Gasteiger partial charge in [-0.2, -0.15) is 0 Å². The molecule has 0 fully saturated rings. The molecule has 2 nitrogen and oxygen atoms in total. The van der Waals surface area contributed by atoms with E-state index < -0.39 is 5.24 Å². The van der Waals surface area contributed by atoms with E-state index in [1.807, 2.05) is 6.08 Å². The van der Waals surface area contributed by atoms with Crippen LogP contribution in [0.3, 0.4) is 0 Å². The van der Waals surface area contributed by atoms with Gasteiger partial charge >= 0.3 is 0 Å². The highest BCUT2D eigenvalue weighted by atomic mass is 35.5. The first kappa shape index (κ1) is 11.9. The van der Waals surface area contributed by atoms with Crippen LogP contribution in [0.5, 0.6) is 5.75 Å². The molecule has 0 radical (unpaired) electrons. The highest BCUT2D eigenvalue weighted by molar-refractivity contribution is 6.67. The van der Waals surface area contributed by atoms with Gasteiger partial charge in [-0.15, -0.1) is 0 Å². The minimum absolute atomic E-state index is 0.442. The fourth-order valence-corrected chi connectivity index (χ4v) is 1.81. The summed E-state index contributed by atoms with van der Waals surface area (Å²) >= 11 is 5.42. The van der Waals surface area contributed by atoms with Crippen LogP contribution in [0, 0.1) is 5.92 Å². The van der Waals surface area contributed by atoms with E-state index in [1.54, 1.807) is 24.3 Å². The van der Waals surface area contributed by atoms with Gasteiger partial charge in [-0.1, -0.05) is 19.1 Å². The highest BCUT2D eigenvalue weighted by Gasteiger charge is 2.07. The molecule has 1 aliphatic rings. The average Bonchev–Trinajstić information content (AvgIpc) is 2.29. The molecule has 88 valence electrons. The number of hydrogen-bond acceptors (Lipinski definition) is 2. The molecule has 1 unspecified atom stereocenters. The van der Waals surface area contributed by atoms with Crippen molar-refractivity contribution in [2.45, 2.75) is 13.3 Å². The van der Waals surface area contributed by atoms with E-state index in [4.69, 9.17) is 16.3 Å². The number of allylic oxidation sites excluding steroid dienone is 3.